The summed E-state index contributed by atoms with van der Waals surface area (Å²) in [5.41, 5.74) is 2.45. The third-order valence-electron chi connectivity index (χ3n) is 4.26. The fourth-order valence-corrected chi connectivity index (χ4v) is 4.76. The first-order valence-electron chi connectivity index (χ1n) is 8.26. The Bertz CT molecular complexity index is 1090. The minimum Gasteiger partial charge on any atom is -0.182 e. The molecule has 0 radical (unpaired) electrons. The minimum absolute atomic E-state index is 0.0836. The Kier molecular flexibility index (Phi) is 3.84. The molecule has 0 amide bonds. The van der Waals surface area contributed by atoms with Crippen molar-refractivity contribution in [3.8, 4) is 10.7 Å². The van der Waals surface area contributed by atoms with Crippen molar-refractivity contribution in [3.05, 3.63) is 94.3 Å². The Morgan fingerprint density at radius 1 is 0.769 bits per heavy atom. The lowest BCUT2D eigenvalue weighted by Gasteiger charge is -2.15. The summed E-state index contributed by atoms with van der Waals surface area (Å²) in [6, 6.07) is 25.0. The minimum atomic E-state index is 0.0836. The Labute approximate surface area is 158 Å². The van der Waals surface area contributed by atoms with Gasteiger partial charge in [0, 0.05) is 0 Å². The summed E-state index contributed by atoms with van der Waals surface area (Å²) in [6.07, 6.45) is 0. The lowest BCUT2D eigenvalue weighted by Crippen LogP contribution is -2.04. The molecule has 0 N–H and O–H groups in total. The Morgan fingerprint density at radius 3 is 2.08 bits per heavy atom. The molecule has 0 atom stereocenters. The third kappa shape index (κ3) is 2.64. The van der Waals surface area contributed by atoms with Gasteiger partial charge in [-0.15, -0.1) is 21.5 Å². The molecule has 0 aliphatic heterocycles. The van der Waals surface area contributed by atoms with Crippen LogP contribution in [0.15, 0.2) is 78.2 Å². The fourth-order valence-electron chi connectivity index (χ4n) is 3.08. The molecule has 5 rings (SSSR count). The quantitative estimate of drug-likeness (QED) is 0.440. The van der Waals surface area contributed by atoms with E-state index in [9.17, 15) is 0 Å². The summed E-state index contributed by atoms with van der Waals surface area (Å²) in [7, 11) is 0. The average molecular weight is 374 g/mol. The first-order valence-corrected chi connectivity index (χ1v) is 9.95. The van der Waals surface area contributed by atoms with Crippen LogP contribution in [0.3, 0.4) is 0 Å². The summed E-state index contributed by atoms with van der Waals surface area (Å²) < 4.78 is 1.87. The SMILES string of the molecule is c1ccc(C(c2ccccc2)c2nn3c(-c4cccs4)nnc3s2)cc1. The second-order valence-corrected chi connectivity index (χ2v) is 7.83. The van der Waals surface area contributed by atoms with Gasteiger partial charge in [-0.2, -0.15) is 9.61 Å². The normalized spacial score (nSPS) is 11.4. The molecule has 4 nitrogen and oxygen atoms in total. The van der Waals surface area contributed by atoms with Gasteiger partial charge < -0.3 is 0 Å². The van der Waals surface area contributed by atoms with Gasteiger partial charge >= 0.3 is 0 Å². The predicted octanol–water partition coefficient (Wildman–Crippen LogP) is 5.09. The first kappa shape index (κ1) is 15.4. The highest BCUT2D eigenvalue weighted by Gasteiger charge is 2.23. The van der Waals surface area contributed by atoms with E-state index in [1.807, 2.05) is 34.2 Å². The Balaban J connectivity index is 1.67. The standard InChI is InChI=1S/C20H14N4S2/c1-3-8-14(9-4-1)17(15-10-5-2-6-11-15)19-23-24-18(16-12-7-13-25-16)21-22-20(24)26-19/h1-13,17H. The molecule has 126 valence electrons. The summed E-state index contributed by atoms with van der Waals surface area (Å²) in [6.45, 7) is 0. The molecule has 0 saturated carbocycles. The van der Waals surface area contributed by atoms with E-state index in [1.165, 1.54) is 11.1 Å². The second-order valence-electron chi connectivity index (χ2n) is 5.89. The van der Waals surface area contributed by atoms with E-state index in [4.69, 9.17) is 5.10 Å². The summed E-state index contributed by atoms with van der Waals surface area (Å²) in [4.78, 5) is 1.89. The molecule has 0 spiro atoms. The molecule has 0 unspecified atom stereocenters. The van der Waals surface area contributed by atoms with E-state index in [0.29, 0.717) is 0 Å². The maximum absolute atomic E-state index is 4.90. The van der Waals surface area contributed by atoms with E-state index in [2.05, 4.69) is 58.7 Å². The molecule has 3 aromatic heterocycles. The number of hydrogen-bond acceptors (Lipinski definition) is 5. The van der Waals surface area contributed by atoms with Crippen molar-refractivity contribution in [3.63, 3.8) is 0 Å². The van der Waals surface area contributed by atoms with Crippen molar-refractivity contribution in [2.45, 2.75) is 5.92 Å². The molecule has 5 aromatic rings. The number of benzene rings is 2. The smallest absolute Gasteiger partial charge is 0.182 e. The molecule has 0 bridgehead atoms. The number of nitrogens with zero attached hydrogens (tertiary/aromatic N) is 4. The van der Waals surface area contributed by atoms with Gasteiger partial charge in [0.25, 0.3) is 0 Å². The predicted molar refractivity (Wildman–Crippen MR) is 106 cm³/mol. The van der Waals surface area contributed by atoms with Crippen LogP contribution in [0.25, 0.3) is 15.7 Å². The third-order valence-corrected chi connectivity index (χ3v) is 6.09. The molecule has 3 heterocycles. The molecular formula is C20H14N4S2. The lowest BCUT2D eigenvalue weighted by molar-refractivity contribution is 0.864. The highest BCUT2D eigenvalue weighted by Crippen LogP contribution is 2.35. The van der Waals surface area contributed by atoms with Crippen LogP contribution in [0, 0.1) is 0 Å². The average Bonchev–Trinajstić information content (AvgIpc) is 3.41. The zero-order chi connectivity index (χ0) is 17.3. The lowest BCUT2D eigenvalue weighted by atomic mass is 9.92. The van der Waals surface area contributed by atoms with Crippen LogP contribution in [-0.2, 0) is 0 Å². The molecular weight excluding hydrogens is 360 g/mol. The van der Waals surface area contributed by atoms with Gasteiger partial charge in [0.05, 0.1) is 10.8 Å². The van der Waals surface area contributed by atoms with Gasteiger partial charge in [0.2, 0.25) is 4.96 Å². The van der Waals surface area contributed by atoms with Gasteiger partial charge in [0.1, 0.15) is 5.01 Å². The van der Waals surface area contributed by atoms with Crippen LogP contribution in [0.4, 0.5) is 0 Å². The molecule has 6 heteroatoms. The first-order chi connectivity index (χ1) is 12.9. The highest BCUT2D eigenvalue weighted by atomic mass is 32.1. The number of fused-ring (bicyclic) bond motifs is 1. The zero-order valence-corrected chi connectivity index (χ0v) is 15.3. The van der Waals surface area contributed by atoms with E-state index < -0.39 is 0 Å². The molecule has 0 aliphatic rings. The van der Waals surface area contributed by atoms with E-state index in [0.717, 1.165) is 20.7 Å². The van der Waals surface area contributed by atoms with Crippen LogP contribution in [0.2, 0.25) is 0 Å². The van der Waals surface area contributed by atoms with Crippen LogP contribution in [0.5, 0.6) is 0 Å². The van der Waals surface area contributed by atoms with Crippen molar-refractivity contribution >= 4 is 27.6 Å². The van der Waals surface area contributed by atoms with Crippen LogP contribution < -0.4 is 0 Å². The van der Waals surface area contributed by atoms with Crippen molar-refractivity contribution in [2.75, 3.05) is 0 Å². The largest absolute Gasteiger partial charge is 0.235 e. The second kappa shape index (κ2) is 6.48. The van der Waals surface area contributed by atoms with Crippen LogP contribution >= 0.6 is 22.7 Å². The summed E-state index contributed by atoms with van der Waals surface area (Å²) in [5, 5.41) is 16.6. The van der Waals surface area contributed by atoms with Crippen LogP contribution in [0.1, 0.15) is 22.1 Å². The topological polar surface area (TPSA) is 43.1 Å². The Hall–Kier alpha value is -2.83. The highest BCUT2D eigenvalue weighted by molar-refractivity contribution is 7.17. The Morgan fingerprint density at radius 2 is 1.46 bits per heavy atom. The van der Waals surface area contributed by atoms with Crippen molar-refractivity contribution in [1.82, 2.24) is 19.8 Å². The molecule has 0 aliphatic carbocycles. The molecule has 26 heavy (non-hydrogen) atoms. The summed E-state index contributed by atoms with van der Waals surface area (Å²) in [5.74, 6) is 0.887. The van der Waals surface area contributed by atoms with Gasteiger partial charge in [-0.1, -0.05) is 78.1 Å². The van der Waals surface area contributed by atoms with Gasteiger partial charge in [-0.25, -0.2) is 0 Å². The van der Waals surface area contributed by atoms with Crippen molar-refractivity contribution in [2.24, 2.45) is 0 Å². The number of rotatable bonds is 4. The number of hydrogen-bond donors (Lipinski definition) is 0. The summed E-state index contributed by atoms with van der Waals surface area (Å²) >= 11 is 3.24. The van der Waals surface area contributed by atoms with E-state index in [1.54, 1.807) is 22.7 Å². The van der Waals surface area contributed by atoms with Crippen LogP contribution in [-0.4, -0.2) is 19.8 Å². The van der Waals surface area contributed by atoms with Gasteiger partial charge in [-0.05, 0) is 22.6 Å². The maximum Gasteiger partial charge on any atom is 0.235 e. The molecule has 2 aromatic carbocycles. The number of thiophene rings is 1. The zero-order valence-electron chi connectivity index (χ0n) is 13.7. The van der Waals surface area contributed by atoms with Gasteiger partial charge in [-0.3, -0.25) is 0 Å². The monoisotopic (exact) mass is 374 g/mol. The molecule has 0 fully saturated rings. The van der Waals surface area contributed by atoms with Gasteiger partial charge in [0.15, 0.2) is 5.82 Å². The number of aromatic nitrogens is 4. The van der Waals surface area contributed by atoms with E-state index >= 15 is 0 Å². The van der Waals surface area contributed by atoms with E-state index in [-0.39, 0.29) is 5.92 Å². The van der Waals surface area contributed by atoms with Crippen molar-refractivity contribution < 1.29 is 0 Å². The maximum atomic E-state index is 4.90. The molecule has 0 saturated heterocycles. The fraction of sp³-hybridized carbons (Fsp3) is 0.0500. The van der Waals surface area contributed by atoms with Crippen molar-refractivity contribution in [1.29, 1.82) is 0 Å².